The Hall–Kier alpha value is -3.78. The van der Waals surface area contributed by atoms with Crippen LogP contribution in [-0.2, 0) is 33.2 Å². The zero-order valence-corrected chi connectivity index (χ0v) is 48.5. The monoisotopic (exact) mass is 1080 g/mol. The molecule has 4 N–H and O–H groups in total. The van der Waals surface area contributed by atoms with E-state index in [1.54, 1.807) is 25.6 Å². The number of ether oxygens (including phenoxy) is 6. The number of esters is 1. The summed E-state index contributed by atoms with van der Waals surface area (Å²) in [5, 5.41) is 48.9. The number of likely N-dealkylation sites (N-methyl/N-ethyl adjacent to an activating group) is 1. The molecule has 0 spiro atoms. The standard InChI is InChI=1S/C58H93FN8O10/c1-16-20-47-45-34-66(61-60-45)42-23-21-41(22-24-42)36(5)46(32-59)67-33-43(65(14)62-67)25-28-64(13)44-29-35(4)73-50(30-44)76-54-37(6)51(48-31-56(10,72-15)53(69)40(9)74-48)38(7)55(70)75-49(17-2)57(11,71)52(68)39(8)63(12)27-19-26-58(54,18-3)77-47/h3,21-24,33-40,44,46-54,62,68-69,71H,16-17,19-20,25-32H2,1-2,4-15H3/t35-,36?,37+,38-,39-,40+,44+,46-,47?,48?,49-,50?,51+,52-,53+,54-,56-,57-,58-/m1/s1. The number of benzene rings is 1. The second kappa shape index (κ2) is 25.3. The molecule has 18 nitrogen and oxygen atoms in total. The van der Waals surface area contributed by atoms with Gasteiger partial charge in [-0.15, -0.1) is 17.1 Å². The highest BCUT2D eigenvalue weighted by Crippen LogP contribution is 2.47. The van der Waals surface area contributed by atoms with Gasteiger partial charge in [0.25, 0.3) is 0 Å². The number of hydrazine groups is 2. The minimum Gasteiger partial charge on any atom is -0.459 e. The van der Waals surface area contributed by atoms with Crippen LogP contribution in [0.1, 0.15) is 150 Å². The molecular formula is C58H93FN8O10. The Labute approximate surface area is 458 Å². The molecule has 1 aromatic carbocycles. The van der Waals surface area contributed by atoms with E-state index in [1.165, 1.54) is 6.92 Å². The maximum Gasteiger partial charge on any atom is 0.309 e. The Morgan fingerprint density at radius 1 is 0.961 bits per heavy atom. The van der Waals surface area contributed by atoms with E-state index in [4.69, 9.17) is 39.9 Å². The van der Waals surface area contributed by atoms with E-state index in [0.717, 1.165) is 23.4 Å². The number of fused-ring (bicyclic) bond motifs is 6. The zero-order chi connectivity index (χ0) is 56.3. The fraction of sp³-hybridized carbons (Fsp3) is 0.776. The molecule has 77 heavy (non-hydrogen) atoms. The number of terminal acetylenes is 1. The summed E-state index contributed by atoms with van der Waals surface area (Å²) in [6, 6.07) is 6.90. The molecule has 3 saturated heterocycles. The third-order valence-electron chi connectivity index (χ3n) is 18.4. The fourth-order valence-corrected chi connectivity index (χ4v) is 13.0. The topological polar surface area (TPSA) is 189 Å². The Balaban J connectivity index is 1.42. The Bertz CT molecular complexity index is 2320. The normalized spacial score (nSPS) is 40.9. The number of rotatable bonds is 6. The maximum absolute atomic E-state index is 15.1. The van der Waals surface area contributed by atoms with Crippen LogP contribution in [0.15, 0.2) is 42.4 Å². The van der Waals surface area contributed by atoms with Gasteiger partial charge in [-0.1, -0.05) is 64.3 Å². The van der Waals surface area contributed by atoms with E-state index in [-0.39, 0.29) is 37.3 Å². The van der Waals surface area contributed by atoms with Crippen molar-refractivity contribution in [2.75, 3.05) is 48.0 Å². The van der Waals surface area contributed by atoms with Crippen LogP contribution < -0.4 is 5.53 Å². The predicted molar refractivity (Wildman–Crippen MR) is 290 cm³/mol. The van der Waals surface area contributed by atoms with Crippen molar-refractivity contribution in [2.24, 2.45) is 17.8 Å². The van der Waals surface area contributed by atoms with Gasteiger partial charge in [-0.25, -0.2) is 9.07 Å². The Morgan fingerprint density at radius 2 is 1.68 bits per heavy atom. The lowest BCUT2D eigenvalue weighted by Crippen LogP contribution is -2.61. The molecule has 8 bridgehead atoms. The molecule has 7 heterocycles. The number of hydrogen-bond donors (Lipinski definition) is 4. The third kappa shape index (κ3) is 12.9. The highest BCUT2D eigenvalue weighted by molar-refractivity contribution is 5.73. The number of alkyl halides is 1. The molecular weight excluding hydrogens is 988 g/mol. The van der Waals surface area contributed by atoms with E-state index in [9.17, 15) is 15.3 Å². The van der Waals surface area contributed by atoms with Gasteiger partial charge in [0.15, 0.2) is 11.9 Å². The summed E-state index contributed by atoms with van der Waals surface area (Å²) in [6.07, 6.45) is 7.71. The second-order valence-electron chi connectivity index (χ2n) is 23.7. The van der Waals surface area contributed by atoms with Crippen LogP contribution in [0, 0.1) is 30.1 Å². The molecule has 6 aliphatic rings. The number of aliphatic hydroxyl groups is 3. The summed E-state index contributed by atoms with van der Waals surface area (Å²) >= 11 is 0. The molecule has 19 heteroatoms. The molecule has 19 atom stereocenters. The molecule has 4 unspecified atom stereocenters. The van der Waals surface area contributed by atoms with Crippen LogP contribution in [0.4, 0.5) is 4.39 Å². The van der Waals surface area contributed by atoms with Gasteiger partial charge in [0.1, 0.15) is 48.5 Å². The number of methoxy groups -OCH3 is 1. The van der Waals surface area contributed by atoms with Crippen LogP contribution in [0.5, 0.6) is 0 Å². The van der Waals surface area contributed by atoms with Crippen molar-refractivity contribution >= 4 is 5.97 Å². The molecule has 1 aromatic heterocycles. The van der Waals surface area contributed by atoms with Gasteiger partial charge in [-0.05, 0) is 111 Å². The zero-order valence-electron chi connectivity index (χ0n) is 48.5. The SMILES string of the molecule is C#C[C@@]12CCCN(C)[C@H](C)[C@@H](O)[C@](C)(O)[C@@H](CC)OC(=O)[C@H](C)[C@@H](C3C[C@@](C)(OC)[C@@H](O)[C@H](C)O3)[C@H](C)[C@H]1OC1C[C@H](C[C@@H](C)O1)N(C)CCC1=CN(NN1C)[C@H](CF)C(C)c1ccc(cc1)-n1cc(nn1)C(CCC)O2. The van der Waals surface area contributed by atoms with Crippen LogP contribution >= 0.6 is 0 Å². The summed E-state index contributed by atoms with van der Waals surface area (Å²) < 4.78 is 58.2. The summed E-state index contributed by atoms with van der Waals surface area (Å²) in [6.45, 7) is 19.4. The number of nitrogens with one attached hydrogen (secondary N) is 1. The molecule has 3 fully saturated rings. The second-order valence-corrected chi connectivity index (χ2v) is 23.7. The van der Waals surface area contributed by atoms with Crippen LogP contribution in [-0.4, -0.2) is 188 Å². The van der Waals surface area contributed by atoms with Crippen molar-refractivity contribution in [1.82, 2.24) is 40.3 Å². The van der Waals surface area contributed by atoms with Gasteiger partial charge >= 0.3 is 5.97 Å². The van der Waals surface area contributed by atoms with E-state index < -0.39 is 108 Å². The van der Waals surface area contributed by atoms with Crippen molar-refractivity contribution < 1.29 is 52.9 Å². The summed E-state index contributed by atoms with van der Waals surface area (Å²) in [5.74, 6) is 0.131. The van der Waals surface area contributed by atoms with Gasteiger partial charge in [0, 0.05) is 75.8 Å². The smallest absolute Gasteiger partial charge is 0.309 e. The summed E-state index contributed by atoms with van der Waals surface area (Å²) in [5.41, 5.74) is 2.24. The molecule has 0 radical (unpaired) electrons. The highest BCUT2D eigenvalue weighted by atomic mass is 19.1. The number of carbonyl (C=O) groups excluding carboxylic acids is 1. The number of nitrogens with zero attached hydrogens (tertiary/aromatic N) is 7. The number of carbonyl (C=O) groups is 1. The van der Waals surface area contributed by atoms with E-state index in [1.807, 2.05) is 107 Å². The van der Waals surface area contributed by atoms with Crippen LogP contribution in [0.2, 0.25) is 0 Å². The number of cyclic esters (lactones) is 1. The largest absolute Gasteiger partial charge is 0.459 e. The molecule has 0 aliphatic carbocycles. The number of hydrogen-bond acceptors (Lipinski definition) is 17. The average molecular weight is 1080 g/mol. The first-order valence-corrected chi connectivity index (χ1v) is 28.4. The summed E-state index contributed by atoms with van der Waals surface area (Å²) in [4.78, 5) is 19.4. The average Bonchev–Trinajstić information content (AvgIpc) is 4.06. The third-order valence-corrected chi connectivity index (χ3v) is 18.4. The van der Waals surface area contributed by atoms with Gasteiger partial charge in [0.2, 0.25) is 0 Å². The lowest BCUT2D eigenvalue weighted by molar-refractivity contribution is -0.279. The molecule has 0 saturated carbocycles. The highest BCUT2D eigenvalue weighted by Gasteiger charge is 2.56. The Morgan fingerprint density at radius 3 is 2.32 bits per heavy atom. The molecule has 432 valence electrons. The number of aromatic nitrogens is 3. The first-order chi connectivity index (χ1) is 36.5. The van der Waals surface area contributed by atoms with Crippen molar-refractivity contribution in [3.8, 4) is 18.0 Å². The minimum absolute atomic E-state index is 0.0150. The van der Waals surface area contributed by atoms with Crippen molar-refractivity contribution in [3.63, 3.8) is 0 Å². The van der Waals surface area contributed by atoms with E-state index in [0.29, 0.717) is 50.9 Å². The lowest BCUT2D eigenvalue weighted by Gasteiger charge is -2.51. The Kier molecular flexibility index (Phi) is 20.0. The van der Waals surface area contributed by atoms with Crippen molar-refractivity contribution in [3.05, 3.63) is 53.6 Å². The number of aliphatic hydroxyl groups excluding tert-OH is 2. The predicted octanol–water partition coefficient (Wildman–Crippen LogP) is 6.44. The maximum atomic E-state index is 15.1. The van der Waals surface area contributed by atoms with E-state index >= 15 is 9.18 Å². The molecule has 6 aliphatic heterocycles. The molecule has 0 amide bonds. The molecule has 8 rings (SSSR count). The van der Waals surface area contributed by atoms with E-state index in [2.05, 4.69) is 35.5 Å². The lowest BCUT2D eigenvalue weighted by atomic mass is 9.68. The van der Waals surface area contributed by atoms with Crippen LogP contribution in [0.25, 0.3) is 5.69 Å². The first-order valence-electron chi connectivity index (χ1n) is 28.4. The molecule has 2 aromatic rings. The van der Waals surface area contributed by atoms with Gasteiger partial charge in [-0.3, -0.25) is 14.8 Å². The van der Waals surface area contributed by atoms with Crippen LogP contribution in [0.3, 0.4) is 0 Å². The quantitative estimate of drug-likeness (QED) is 0.183. The van der Waals surface area contributed by atoms with Gasteiger partial charge in [0.05, 0.1) is 47.8 Å². The van der Waals surface area contributed by atoms with Gasteiger partial charge in [-0.2, -0.15) is 0 Å². The minimum atomic E-state index is -1.83. The number of halogens is 1. The summed E-state index contributed by atoms with van der Waals surface area (Å²) in [7, 11) is 7.53. The fourth-order valence-electron chi connectivity index (χ4n) is 13.0. The van der Waals surface area contributed by atoms with Crippen molar-refractivity contribution in [1.29, 1.82) is 0 Å². The van der Waals surface area contributed by atoms with Gasteiger partial charge < -0.3 is 53.5 Å². The van der Waals surface area contributed by atoms with Crippen molar-refractivity contribution in [2.45, 2.75) is 223 Å². The first kappa shape index (κ1) is 60.9.